The van der Waals surface area contributed by atoms with Gasteiger partial charge in [0.15, 0.2) is 11.5 Å². The number of hydrogen-bond donors (Lipinski definition) is 1. The van der Waals surface area contributed by atoms with Gasteiger partial charge >= 0.3 is 0 Å². The van der Waals surface area contributed by atoms with Crippen molar-refractivity contribution >= 4 is 27.5 Å². The molecule has 0 aliphatic heterocycles. The van der Waals surface area contributed by atoms with Crippen LogP contribution in [0.4, 0.5) is 5.69 Å². The summed E-state index contributed by atoms with van der Waals surface area (Å²) >= 11 is 0. The lowest BCUT2D eigenvalue weighted by Gasteiger charge is -2.32. The zero-order valence-electron chi connectivity index (χ0n) is 21.9. The lowest BCUT2D eigenvalue weighted by Crippen LogP contribution is -2.53. The Kier molecular flexibility index (Phi) is 10.6. The number of anilines is 1. The fourth-order valence-electron chi connectivity index (χ4n) is 3.63. The average Bonchev–Trinajstić information content (AvgIpc) is 2.86. The Bertz CT molecular complexity index is 1120. The third-order valence-corrected chi connectivity index (χ3v) is 7.13. The Morgan fingerprint density at radius 1 is 1.00 bits per heavy atom. The number of methoxy groups -OCH3 is 2. The molecule has 0 saturated carbocycles. The van der Waals surface area contributed by atoms with Crippen LogP contribution in [0.3, 0.4) is 0 Å². The number of nitrogens with zero attached hydrogens (tertiary/aromatic N) is 2. The second-order valence-electron chi connectivity index (χ2n) is 8.63. The van der Waals surface area contributed by atoms with E-state index < -0.39 is 28.5 Å². The van der Waals surface area contributed by atoms with Gasteiger partial charge in [0.05, 0.1) is 26.2 Å². The first kappa shape index (κ1) is 29.0. The Morgan fingerprint density at radius 3 is 2.19 bits per heavy atom. The van der Waals surface area contributed by atoms with Crippen LogP contribution in [0.1, 0.15) is 32.8 Å². The summed E-state index contributed by atoms with van der Waals surface area (Å²) in [7, 11) is -0.915. The fourth-order valence-corrected chi connectivity index (χ4v) is 4.47. The molecule has 0 bridgehead atoms. The molecular formula is C26H37N3O6S. The van der Waals surface area contributed by atoms with Gasteiger partial charge in [0.1, 0.15) is 12.6 Å². The monoisotopic (exact) mass is 519 g/mol. The van der Waals surface area contributed by atoms with E-state index in [2.05, 4.69) is 5.32 Å². The van der Waals surface area contributed by atoms with E-state index in [0.717, 1.165) is 22.5 Å². The van der Waals surface area contributed by atoms with E-state index >= 15 is 0 Å². The predicted molar refractivity (Wildman–Crippen MR) is 141 cm³/mol. The molecule has 0 unspecified atom stereocenters. The summed E-state index contributed by atoms with van der Waals surface area (Å²) in [4.78, 5) is 27.9. The molecule has 2 aromatic rings. The van der Waals surface area contributed by atoms with E-state index in [-0.39, 0.29) is 24.2 Å². The second kappa shape index (κ2) is 13.2. The van der Waals surface area contributed by atoms with Crippen LogP contribution in [0, 0.1) is 0 Å². The number of rotatable bonds is 13. The van der Waals surface area contributed by atoms with Crippen molar-refractivity contribution in [3.05, 3.63) is 54.1 Å². The largest absolute Gasteiger partial charge is 0.493 e. The molecule has 2 amide bonds. The molecule has 0 saturated heterocycles. The van der Waals surface area contributed by atoms with Crippen molar-refractivity contribution in [2.75, 3.05) is 37.9 Å². The summed E-state index contributed by atoms with van der Waals surface area (Å²) in [5.74, 6) is -0.0140. The van der Waals surface area contributed by atoms with Crippen LogP contribution in [0.25, 0.3) is 0 Å². The molecule has 36 heavy (non-hydrogen) atoms. The van der Waals surface area contributed by atoms with Crippen LogP contribution in [-0.2, 0) is 26.0 Å². The molecule has 0 fully saturated rings. The topological polar surface area (TPSA) is 105 Å². The van der Waals surface area contributed by atoms with Crippen molar-refractivity contribution in [2.24, 2.45) is 0 Å². The highest BCUT2D eigenvalue weighted by atomic mass is 32.2. The van der Waals surface area contributed by atoms with Gasteiger partial charge in [0.25, 0.3) is 0 Å². The van der Waals surface area contributed by atoms with Crippen LogP contribution < -0.4 is 19.1 Å². The third-order valence-electron chi connectivity index (χ3n) is 5.99. The molecule has 0 aromatic heterocycles. The van der Waals surface area contributed by atoms with Gasteiger partial charge < -0.3 is 19.7 Å². The van der Waals surface area contributed by atoms with E-state index in [0.29, 0.717) is 17.9 Å². The molecular weight excluding hydrogens is 482 g/mol. The fraction of sp³-hybridized carbons (Fsp3) is 0.462. The zero-order valence-corrected chi connectivity index (χ0v) is 22.7. The van der Waals surface area contributed by atoms with Gasteiger partial charge in [0.2, 0.25) is 21.8 Å². The summed E-state index contributed by atoms with van der Waals surface area (Å²) in [6.45, 7) is 5.29. The molecule has 0 spiro atoms. The van der Waals surface area contributed by atoms with Gasteiger partial charge in [0, 0.05) is 18.7 Å². The SMILES string of the molecule is CC[C@@H](C)NC(=O)[C@@H](C)N(CCc1ccccc1)C(=O)CN(c1ccc(OC)c(OC)c1)S(C)(=O)=O. The molecule has 0 radical (unpaired) electrons. The summed E-state index contributed by atoms with van der Waals surface area (Å²) < 4.78 is 37.0. The standard InChI is InChI=1S/C26H37N3O6S/c1-7-19(2)27-26(31)20(3)28(16-15-21-11-9-8-10-12-21)25(30)18-29(36(6,32)33)22-13-14-23(34-4)24(17-22)35-5/h8-14,17,19-20H,7,15-16,18H2,1-6H3,(H,27,31)/t19-,20-/m1/s1. The maximum atomic E-state index is 13.6. The van der Waals surface area contributed by atoms with E-state index in [9.17, 15) is 18.0 Å². The van der Waals surface area contributed by atoms with Crippen LogP contribution in [0.5, 0.6) is 11.5 Å². The van der Waals surface area contributed by atoms with E-state index in [1.165, 1.54) is 25.2 Å². The van der Waals surface area contributed by atoms with Crippen LogP contribution in [-0.4, -0.2) is 70.8 Å². The van der Waals surface area contributed by atoms with Crippen molar-refractivity contribution in [2.45, 2.75) is 45.7 Å². The normalized spacial score (nSPS) is 12.8. The van der Waals surface area contributed by atoms with Crippen LogP contribution >= 0.6 is 0 Å². The highest BCUT2D eigenvalue weighted by Crippen LogP contribution is 2.32. The highest BCUT2D eigenvalue weighted by Gasteiger charge is 2.30. The van der Waals surface area contributed by atoms with Crippen molar-refractivity contribution in [1.29, 1.82) is 0 Å². The van der Waals surface area contributed by atoms with Gasteiger partial charge in [-0.2, -0.15) is 0 Å². The van der Waals surface area contributed by atoms with Crippen LogP contribution in [0.15, 0.2) is 48.5 Å². The van der Waals surface area contributed by atoms with Crippen LogP contribution in [0.2, 0.25) is 0 Å². The Morgan fingerprint density at radius 2 is 1.64 bits per heavy atom. The quantitative estimate of drug-likeness (QED) is 0.436. The van der Waals surface area contributed by atoms with Crippen molar-refractivity contribution in [3.8, 4) is 11.5 Å². The van der Waals surface area contributed by atoms with E-state index in [4.69, 9.17) is 9.47 Å². The average molecular weight is 520 g/mol. The smallest absolute Gasteiger partial charge is 0.244 e. The minimum Gasteiger partial charge on any atom is -0.493 e. The van der Waals surface area contributed by atoms with E-state index in [1.54, 1.807) is 19.1 Å². The number of sulfonamides is 1. The predicted octanol–water partition coefficient (Wildman–Crippen LogP) is 2.84. The Labute approximate surface area is 214 Å². The number of amides is 2. The minimum absolute atomic E-state index is 0.0506. The molecule has 2 atom stereocenters. The molecule has 198 valence electrons. The lowest BCUT2D eigenvalue weighted by atomic mass is 10.1. The Balaban J connectivity index is 2.36. The zero-order chi connectivity index (χ0) is 26.9. The lowest BCUT2D eigenvalue weighted by molar-refractivity contribution is -0.139. The number of carbonyl (C=O) groups excluding carboxylic acids is 2. The van der Waals surface area contributed by atoms with Gasteiger partial charge in [-0.3, -0.25) is 13.9 Å². The number of carbonyl (C=O) groups is 2. The van der Waals surface area contributed by atoms with Gasteiger partial charge in [-0.25, -0.2) is 8.42 Å². The molecule has 2 aromatic carbocycles. The van der Waals surface area contributed by atoms with Crippen molar-refractivity contribution in [3.63, 3.8) is 0 Å². The van der Waals surface area contributed by atoms with E-state index in [1.807, 2.05) is 44.2 Å². The number of hydrogen-bond acceptors (Lipinski definition) is 6. The molecule has 1 N–H and O–H groups in total. The molecule has 2 rings (SSSR count). The third kappa shape index (κ3) is 7.87. The summed E-state index contributed by atoms with van der Waals surface area (Å²) in [6.07, 6.45) is 2.30. The number of ether oxygens (including phenoxy) is 2. The number of nitrogens with one attached hydrogen (secondary N) is 1. The molecule has 0 aliphatic carbocycles. The maximum Gasteiger partial charge on any atom is 0.244 e. The highest BCUT2D eigenvalue weighted by molar-refractivity contribution is 7.92. The first-order chi connectivity index (χ1) is 17.0. The van der Waals surface area contributed by atoms with Gasteiger partial charge in [-0.1, -0.05) is 37.3 Å². The van der Waals surface area contributed by atoms with Crippen molar-refractivity contribution in [1.82, 2.24) is 10.2 Å². The summed E-state index contributed by atoms with van der Waals surface area (Å²) in [5.41, 5.74) is 1.26. The first-order valence-electron chi connectivity index (χ1n) is 11.8. The second-order valence-corrected chi connectivity index (χ2v) is 10.5. The molecule has 10 heteroatoms. The van der Waals surface area contributed by atoms with Gasteiger partial charge in [-0.05, 0) is 44.4 Å². The Hall–Kier alpha value is -3.27. The van der Waals surface area contributed by atoms with Gasteiger partial charge in [-0.15, -0.1) is 0 Å². The summed E-state index contributed by atoms with van der Waals surface area (Å²) in [6, 6.07) is 13.4. The van der Waals surface area contributed by atoms with Crippen molar-refractivity contribution < 1.29 is 27.5 Å². The molecule has 0 aliphatic rings. The molecule has 0 heterocycles. The summed E-state index contributed by atoms with van der Waals surface area (Å²) in [5, 5.41) is 2.91. The minimum atomic E-state index is -3.84. The number of benzene rings is 2. The molecule has 9 nitrogen and oxygen atoms in total. The first-order valence-corrected chi connectivity index (χ1v) is 13.7. The maximum absolute atomic E-state index is 13.6.